The topological polar surface area (TPSA) is 86.3 Å². The Balaban J connectivity index is 1.72. The number of aryl methyl sites for hydroxylation is 1. The first-order valence-electron chi connectivity index (χ1n) is 9.90. The molecule has 1 aromatic carbocycles. The number of nitrogens with zero attached hydrogens (tertiary/aromatic N) is 5. The summed E-state index contributed by atoms with van der Waals surface area (Å²) >= 11 is 0. The molecule has 9 nitrogen and oxygen atoms in total. The molecular weight excluding hydrogens is 391 g/mol. The van der Waals surface area contributed by atoms with Crippen molar-refractivity contribution in [2.45, 2.75) is 6.54 Å². The zero-order valence-electron chi connectivity index (χ0n) is 17.1. The minimum Gasteiger partial charge on any atom is -0.379 e. The van der Waals surface area contributed by atoms with E-state index in [2.05, 4.69) is 15.2 Å². The van der Waals surface area contributed by atoms with Crippen molar-refractivity contribution in [3.05, 3.63) is 56.5 Å². The molecule has 0 bridgehead atoms. The highest BCUT2D eigenvalue weighted by Gasteiger charge is 2.20. The molecule has 160 valence electrons. The molecule has 1 aliphatic rings. The van der Waals surface area contributed by atoms with Gasteiger partial charge in [-0.2, -0.15) is 4.98 Å². The maximum absolute atomic E-state index is 13.7. The summed E-state index contributed by atoms with van der Waals surface area (Å²) in [5.74, 6) is 0.125. The van der Waals surface area contributed by atoms with Crippen molar-refractivity contribution in [1.29, 1.82) is 0 Å². The molecule has 0 saturated carbocycles. The van der Waals surface area contributed by atoms with Crippen molar-refractivity contribution < 1.29 is 9.13 Å². The molecule has 0 spiro atoms. The molecule has 0 amide bonds. The zero-order chi connectivity index (χ0) is 21.3. The number of morpholine rings is 1. The summed E-state index contributed by atoms with van der Waals surface area (Å²) < 4.78 is 23.2. The summed E-state index contributed by atoms with van der Waals surface area (Å²) in [5.41, 5.74) is 0.425. The van der Waals surface area contributed by atoms with Crippen LogP contribution in [0.3, 0.4) is 0 Å². The minimum absolute atomic E-state index is 0.252. The Morgan fingerprint density at radius 3 is 2.67 bits per heavy atom. The molecule has 1 saturated heterocycles. The fourth-order valence-electron chi connectivity index (χ4n) is 3.70. The van der Waals surface area contributed by atoms with Crippen molar-refractivity contribution in [2.75, 3.05) is 44.7 Å². The number of anilines is 1. The highest BCUT2D eigenvalue weighted by Crippen LogP contribution is 2.18. The molecule has 10 heteroatoms. The second kappa shape index (κ2) is 8.41. The van der Waals surface area contributed by atoms with Gasteiger partial charge in [-0.3, -0.25) is 23.4 Å². The van der Waals surface area contributed by atoms with E-state index in [9.17, 15) is 14.0 Å². The molecule has 0 aliphatic carbocycles. The predicted octanol–water partition coefficient (Wildman–Crippen LogP) is 0.365. The van der Waals surface area contributed by atoms with E-state index in [0.717, 1.165) is 37.4 Å². The van der Waals surface area contributed by atoms with Crippen molar-refractivity contribution in [3.63, 3.8) is 0 Å². The highest BCUT2D eigenvalue weighted by atomic mass is 19.1. The normalized spacial score (nSPS) is 15.0. The van der Waals surface area contributed by atoms with Crippen LogP contribution in [0.4, 0.5) is 10.3 Å². The van der Waals surface area contributed by atoms with Crippen LogP contribution in [0.1, 0.15) is 5.56 Å². The number of nitrogens with one attached hydrogen (secondary N) is 1. The van der Waals surface area contributed by atoms with Gasteiger partial charge in [-0.05, 0) is 17.7 Å². The third kappa shape index (κ3) is 3.88. The number of benzene rings is 1. The van der Waals surface area contributed by atoms with Gasteiger partial charge >= 0.3 is 5.69 Å². The summed E-state index contributed by atoms with van der Waals surface area (Å²) in [6.45, 7) is 4.84. The third-order valence-electron chi connectivity index (χ3n) is 5.39. The molecular formula is C20H25FN6O3. The lowest BCUT2D eigenvalue weighted by Gasteiger charge is -2.26. The monoisotopic (exact) mass is 416 g/mol. The Morgan fingerprint density at radius 2 is 1.93 bits per heavy atom. The van der Waals surface area contributed by atoms with Crippen LogP contribution in [0.2, 0.25) is 0 Å². The van der Waals surface area contributed by atoms with E-state index in [4.69, 9.17) is 4.74 Å². The molecule has 0 radical (unpaired) electrons. The Hall–Kier alpha value is -2.98. The number of imidazole rings is 1. The fraction of sp³-hybridized carbons (Fsp3) is 0.450. The first-order chi connectivity index (χ1) is 14.5. The molecule has 2 aromatic heterocycles. The van der Waals surface area contributed by atoms with Crippen molar-refractivity contribution in [3.8, 4) is 0 Å². The van der Waals surface area contributed by atoms with Crippen LogP contribution in [-0.4, -0.2) is 63.0 Å². The second-order valence-electron chi connectivity index (χ2n) is 7.41. The average Bonchev–Trinajstić information content (AvgIpc) is 3.10. The summed E-state index contributed by atoms with van der Waals surface area (Å²) in [7, 11) is 3.02. The molecule has 3 heterocycles. The van der Waals surface area contributed by atoms with Crippen LogP contribution in [0.5, 0.6) is 0 Å². The largest absolute Gasteiger partial charge is 0.379 e. The third-order valence-corrected chi connectivity index (χ3v) is 5.39. The maximum atomic E-state index is 13.7. The van der Waals surface area contributed by atoms with Gasteiger partial charge in [0.1, 0.15) is 5.82 Å². The second-order valence-corrected chi connectivity index (χ2v) is 7.41. The Labute approximate surface area is 172 Å². The number of rotatable bonds is 6. The quantitative estimate of drug-likeness (QED) is 0.625. The first-order valence-corrected chi connectivity index (χ1v) is 9.90. The summed E-state index contributed by atoms with van der Waals surface area (Å²) in [4.78, 5) is 32.0. The van der Waals surface area contributed by atoms with Gasteiger partial charge < -0.3 is 10.1 Å². The van der Waals surface area contributed by atoms with Crippen LogP contribution in [0.15, 0.2) is 33.9 Å². The van der Waals surface area contributed by atoms with Gasteiger partial charge in [0.25, 0.3) is 5.56 Å². The zero-order valence-corrected chi connectivity index (χ0v) is 17.1. The Bertz CT molecular complexity index is 1180. The van der Waals surface area contributed by atoms with Crippen molar-refractivity contribution in [1.82, 2.24) is 23.6 Å². The van der Waals surface area contributed by atoms with Crippen LogP contribution in [0.25, 0.3) is 11.2 Å². The lowest BCUT2D eigenvalue weighted by Crippen LogP contribution is -2.39. The Morgan fingerprint density at radius 1 is 1.17 bits per heavy atom. The first kappa shape index (κ1) is 20.3. The van der Waals surface area contributed by atoms with E-state index in [1.54, 1.807) is 23.7 Å². The van der Waals surface area contributed by atoms with Gasteiger partial charge in [0.15, 0.2) is 11.2 Å². The minimum atomic E-state index is -0.442. The van der Waals surface area contributed by atoms with Crippen LogP contribution in [-0.2, 0) is 25.4 Å². The van der Waals surface area contributed by atoms with E-state index in [0.29, 0.717) is 29.2 Å². The number of ether oxygens (including phenoxy) is 1. The van der Waals surface area contributed by atoms with E-state index in [1.807, 2.05) is 0 Å². The van der Waals surface area contributed by atoms with Crippen molar-refractivity contribution in [2.24, 2.45) is 14.1 Å². The number of aromatic nitrogens is 4. The summed E-state index contributed by atoms with van der Waals surface area (Å²) in [6.07, 6.45) is 0. The van der Waals surface area contributed by atoms with Gasteiger partial charge in [-0.25, -0.2) is 9.18 Å². The summed E-state index contributed by atoms with van der Waals surface area (Å²) in [6, 6.07) is 6.22. The van der Waals surface area contributed by atoms with Gasteiger partial charge in [0.2, 0.25) is 5.95 Å². The van der Waals surface area contributed by atoms with Crippen LogP contribution in [0, 0.1) is 5.82 Å². The van der Waals surface area contributed by atoms with E-state index >= 15 is 0 Å². The van der Waals surface area contributed by atoms with E-state index in [-0.39, 0.29) is 12.4 Å². The van der Waals surface area contributed by atoms with Crippen molar-refractivity contribution >= 4 is 17.1 Å². The van der Waals surface area contributed by atoms with Crippen LogP contribution >= 0.6 is 0 Å². The number of fused-ring (bicyclic) bond motifs is 1. The fourth-order valence-corrected chi connectivity index (χ4v) is 3.70. The number of hydrogen-bond acceptors (Lipinski definition) is 6. The smallest absolute Gasteiger partial charge is 0.332 e. The maximum Gasteiger partial charge on any atom is 0.332 e. The molecule has 30 heavy (non-hydrogen) atoms. The molecule has 3 aromatic rings. The lowest BCUT2D eigenvalue weighted by molar-refractivity contribution is 0.0398. The van der Waals surface area contributed by atoms with E-state index < -0.39 is 11.2 Å². The standard InChI is InChI=1S/C20H25FN6O3/c1-24-17-16(18(28)25(2)20(24)29)27(13-14-4-3-5-15(21)12-14)19(23-17)22-6-7-26-8-10-30-11-9-26/h3-5,12H,6-11,13H2,1-2H3,(H,22,23). The SMILES string of the molecule is Cn1c(=O)c2c(nc(NCCN3CCOCC3)n2Cc2cccc(F)c2)n(C)c1=O. The lowest BCUT2D eigenvalue weighted by atomic mass is 10.2. The molecule has 0 atom stereocenters. The molecule has 1 N–H and O–H groups in total. The van der Waals surface area contributed by atoms with Gasteiger partial charge in [0.05, 0.1) is 19.8 Å². The van der Waals surface area contributed by atoms with Gasteiger partial charge in [0, 0.05) is 40.3 Å². The summed E-state index contributed by atoms with van der Waals surface area (Å²) in [5, 5.41) is 3.29. The molecule has 1 fully saturated rings. The molecule has 1 aliphatic heterocycles. The average molecular weight is 416 g/mol. The molecule has 4 rings (SSSR count). The number of halogens is 1. The van der Waals surface area contributed by atoms with Crippen LogP contribution < -0.4 is 16.6 Å². The highest BCUT2D eigenvalue weighted by molar-refractivity contribution is 5.74. The predicted molar refractivity (Wildman–Crippen MR) is 111 cm³/mol. The van der Waals surface area contributed by atoms with Gasteiger partial charge in [-0.1, -0.05) is 12.1 Å². The Kier molecular flexibility index (Phi) is 5.69. The van der Waals surface area contributed by atoms with Gasteiger partial charge in [-0.15, -0.1) is 0 Å². The van der Waals surface area contributed by atoms with E-state index in [1.165, 1.54) is 23.7 Å². The molecule has 0 unspecified atom stereocenters. The number of hydrogen-bond donors (Lipinski definition) is 1.